The Bertz CT molecular complexity index is 386. The predicted molar refractivity (Wildman–Crippen MR) is 50.7 cm³/mol. The van der Waals surface area contributed by atoms with Crippen LogP contribution in [0.25, 0.3) is 0 Å². The van der Waals surface area contributed by atoms with Gasteiger partial charge in [-0.2, -0.15) is 0 Å². The fraction of sp³-hybridized carbons (Fsp3) is 0.364. The van der Waals surface area contributed by atoms with E-state index in [0.29, 0.717) is 0 Å². The number of halogens is 3. The van der Waals surface area contributed by atoms with Gasteiger partial charge in [-0.1, -0.05) is 6.92 Å². The van der Waals surface area contributed by atoms with Crippen LogP contribution in [-0.2, 0) is 6.42 Å². The minimum atomic E-state index is -2.76. The fourth-order valence-electron chi connectivity index (χ4n) is 1.56. The van der Waals surface area contributed by atoms with E-state index >= 15 is 0 Å². The maximum Gasteiger partial charge on any atom is 0.264 e. The number of carbonyl (C=O) groups excluding carboxylic acids is 1. The van der Waals surface area contributed by atoms with Gasteiger partial charge in [-0.15, -0.1) is 0 Å². The highest BCUT2D eigenvalue weighted by atomic mass is 19.3. The lowest BCUT2D eigenvalue weighted by Crippen LogP contribution is -2.05. The van der Waals surface area contributed by atoms with Crippen molar-refractivity contribution >= 4 is 5.78 Å². The molecule has 1 aromatic rings. The van der Waals surface area contributed by atoms with Gasteiger partial charge in [0.1, 0.15) is 5.82 Å². The van der Waals surface area contributed by atoms with Crippen molar-refractivity contribution in [2.75, 3.05) is 0 Å². The molecule has 0 amide bonds. The van der Waals surface area contributed by atoms with Gasteiger partial charge in [-0.25, -0.2) is 13.2 Å². The van der Waals surface area contributed by atoms with Crippen molar-refractivity contribution in [2.45, 2.75) is 26.7 Å². The third-order valence-electron chi connectivity index (χ3n) is 2.22. The Hall–Kier alpha value is -1.32. The van der Waals surface area contributed by atoms with Gasteiger partial charge in [0, 0.05) is 11.1 Å². The van der Waals surface area contributed by atoms with Crippen LogP contribution in [0.15, 0.2) is 12.1 Å². The Kier molecular flexibility index (Phi) is 3.50. The van der Waals surface area contributed by atoms with E-state index in [4.69, 9.17) is 0 Å². The maximum absolute atomic E-state index is 13.0. The Morgan fingerprint density at radius 1 is 1.40 bits per heavy atom. The molecule has 0 aliphatic rings. The Morgan fingerprint density at radius 2 is 2.00 bits per heavy atom. The van der Waals surface area contributed by atoms with Crippen molar-refractivity contribution < 1.29 is 18.0 Å². The van der Waals surface area contributed by atoms with Gasteiger partial charge in [0.2, 0.25) is 0 Å². The lowest BCUT2D eigenvalue weighted by atomic mass is 9.96. The zero-order valence-corrected chi connectivity index (χ0v) is 8.48. The number of rotatable bonds is 3. The smallest absolute Gasteiger partial charge is 0.264 e. The first-order valence-electron chi connectivity index (χ1n) is 4.58. The van der Waals surface area contributed by atoms with Gasteiger partial charge >= 0.3 is 0 Å². The monoisotopic (exact) mass is 216 g/mol. The van der Waals surface area contributed by atoms with Crippen LogP contribution in [0.1, 0.15) is 41.8 Å². The maximum atomic E-state index is 13.0. The summed E-state index contributed by atoms with van der Waals surface area (Å²) in [4.78, 5) is 11.1. The molecule has 15 heavy (non-hydrogen) atoms. The van der Waals surface area contributed by atoms with Crippen molar-refractivity contribution in [3.05, 3.63) is 34.6 Å². The molecule has 1 rings (SSSR count). The molecule has 1 nitrogen and oxygen atoms in total. The molecule has 0 unspecified atom stereocenters. The molecule has 0 N–H and O–H groups in total. The average molecular weight is 216 g/mol. The molecule has 0 radical (unpaired) electrons. The van der Waals surface area contributed by atoms with Gasteiger partial charge < -0.3 is 0 Å². The number of carbonyl (C=O) groups is 1. The second-order valence-corrected chi connectivity index (χ2v) is 3.23. The number of hydrogen-bond acceptors (Lipinski definition) is 1. The number of ketones is 1. The van der Waals surface area contributed by atoms with E-state index in [2.05, 4.69) is 0 Å². The molecule has 0 aliphatic heterocycles. The first kappa shape index (κ1) is 11.8. The topological polar surface area (TPSA) is 17.1 Å². The molecule has 0 bridgehead atoms. The van der Waals surface area contributed by atoms with Crippen LogP contribution >= 0.6 is 0 Å². The molecular formula is C11H11F3O. The van der Waals surface area contributed by atoms with E-state index in [1.54, 1.807) is 6.92 Å². The molecular weight excluding hydrogens is 205 g/mol. The molecule has 1 aromatic carbocycles. The minimum absolute atomic E-state index is 0.0489. The minimum Gasteiger partial charge on any atom is -0.294 e. The van der Waals surface area contributed by atoms with Gasteiger partial charge in [0.15, 0.2) is 5.78 Å². The van der Waals surface area contributed by atoms with Crippen molar-refractivity contribution in [2.24, 2.45) is 0 Å². The Labute approximate surface area is 85.9 Å². The third-order valence-corrected chi connectivity index (χ3v) is 2.22. The predicted octanol–water partition coefficient (Wildman–Crippen LogP) is 3.53. The van der Waals surface area contributed by atoms with E-state index in [1.807, 2.05) is 0 Å². The van der Waals surface area contributed by atoms with Crippen molar-refractivity contribution in [3.8, 4) is 0 Å². The average Bonchev–Trinajstić information content (AvgIpc) is 2.16. The normalized spacial score (nSPS) is 10.8. The second-order valence-electron chi connectivity index (χ2n) is 3.23. The van der Waals surface area contributed by atoms with Gasteiger partial charge in [0.25, 0.3) is 6.43 Å². The Balaban J connectivity index is 3.45. The summed E-state index contributed by atoms with van der Waals surface area (Å²) in [5.41, 5.74) is -0.102. The zero-order valence-electron chi connectivity index (χ0n) is 8.48. The van der Waals surface area contributed by atoms with Crippen LogP contribution in [-0.4, -0.2) is 5.78 Å². The molecule has 0 aliphatic carbocycles. The standard InChI is InChI=1S/C11H11F3O/c1-3-8-9(6(2)15)4-7(12)5-10(8)11(13)14/h4-5,11H,3H2,1-2H3. The molecule has 0 fully saturated rings. The lowest BCUT2D eigenvalue weighted by molar-refractivity contribution is 0.101. The summed E-state index contributed by atoms with van der Waals surface area (Å²) < 4.78 is 38.1. The van der Waals surface area contributed by atoms with Crippen LogP contribution in [0.5, 0.6) is 0 Å². The molecule has 0 spiro atoms. The summed E-state index contributed by atoms with van der Waals surface area (Å²) in [7, 11) is 0. The van der Waals surface area contributed by atoms with Gasteiger partial charge in [-0.05, 0) is 31.0 Å². The highest BCUT2D eigenvalue weighted by Crippen LogP contribution is 2.27. The number of benzene rings is 1. The molecule has 4 heteroatoms. The van der Waals surface area contributed by atoms with Crippen LogP contribution in [0.2, 0.25) is 0 Å². The van der Waals surface area contributed by atoms with E-state index in [9.17, 15) is 18.0 Å². The van der Waals surface area contributed by atoms with E-state index in [0.717, 1.165) is 12.1 Å². The number of alkyl halides is 2. The van der Waals surface area contributed by atoms with Crippen molar-refractivity contribution in [1.29, 1.82) is 0 Å². The first-order chi connectivity index (χ1) is 6.97. The SMILES string of the molecule is CCc1c(C(C)=O)cc(F)cc1C(F)F. The van der Waals surface area contributed by atoms with Crippen LogP contribution < -0.4 is 0 Å². The molecule has 0 saturated heterocycles. The molecule has 0 saturated carbocycles. The van der Waals surface area contributed by atoms with Crippen molar-refractivity contribution in [1.82, 2.24) is 0 Å². The highest BCUT2D eigenvalue weighted by molar-refractivity contribution is 5.95. The van der Waals surface area contributed by atoms with E-state index < -0.39 is 18.0 Å². The zero-order chi connectivity index (χ0) is 11.6. The van der Waals surface area contributed by atoms with Gasteiger partial charge in [-0.3, -0.25) is 4.79 Å². The summed E-state index contributed by atoms with van der Waals surface area (Å²) >= 11 is 0. The lowest BCUT2D eigenvalue weighted by Gasteiger charge is -2.11. The first-order valence-corrected chi connectivity index (χ1v) is 4.58. The Morgan fingerprint density at radius 3 is 2.40 bits per heavy atom. The summed E-state index contributed by atoms with van der Waals surface area (Å²) in [5, 5.41) is 0. The molecule has 0 atom stereocenters. The second kappa shape index (κ2) is 4.47. The fourth-order valence-corrected chi connectivity index (χ4v) is 1.56. The summed E-state index contributed by atoms with van der Waals surface area (Å²) in [6.07, 6.45) is -2.47. The van der Waals surface area contributed by atoms with E-state index in [1.165, 1.54) is 6.92 Å². The molecule has 0 heterocycles. The quantitative estimate of drug-likeness (QED) is 0.706. The van der Waals surface area contributed by atoms with Gasteiger partial charge in [0.05, 0.1) is 0 Å². The summed E-state index contributed by atoms with van der Waals surface area (Å²) in [6.45, 7) is 2.90. The van der Waals surface area contributed by atoms with Crippen LogP contribution in [0.4, 0.5) is 13.2 Å². The van der Waals surface area contributed by atoms with E-state index in [-0.39, 0.29) is 23.1 Å². The van der Waals surface area contributed by atoms with Crippen molar-refractivity contribution in [3.63, 3.8) is 0 Å². The summed E-state index contributed by atoms with van der Waals surface area (Å²) in [5.74, 6) is -1.19. The molecule has 0 aromatic heterocycles. The largest absolute Gasteiger partial charge is 0.294 e. The van der Waals surface area contributed by atoms with Crippen LogP contribution in [0.3, 0.4) is 0 Å². The third kappa shape index (κ3) is 2.37. The number of hydrogen-bond donors (Lipinski definition) is 0. The summed E-state index contributed by atoms with van der Waals surface area (Å²) in [6, 6.07) is 1.79. The molecule has 82 valence electrons. The highest BCUT2D eigenvalue weighted by Gasteiger charge is 2.18. The number of Topliss-reactive ketones (excluding diaryl/α,β-unsaturated/α-hetero) is 1. The van der Waals surface area contributed by atoms with Crippen LogP contribution in [0, 0.1) is 5.82 Å².